The van der Waals surface area contributed by atoms with Gasteiger partial charge in [0.05, 0.1) is 46.2 Å². The van der Waals surface area contributed by atoms with Crippen LogP contribution in [-0.4, -0.2) is 180 Å². The Morgan fingerprint density at radius 1 is 0.400 bits per heavy atom. The summed E-state index contributed by atoms with van der Waals surface area (Å²) in [7, 11) is 1.72. The number of allylic oxidation sites excluding steroid dienone is 2. The minimum absolute atomic E-state index is 0. The molecule has 584 valence electrons. The normalized spacial score (nSPS) is 19.0. The summed E-state index contributed by atoms with van der Waals surface area (Å²) in [6, 6.07) is 0. The summed E-state index contributed by atoms with van der Waals surface area (Å²) >= 11 is 2.03. The number of cyclic esters (lactones) is 2. The highest BCUT2D eigenvalue weighted by Gasteiger charge is 2.17. The van der Waals surface area contributed by atoms with Crippen LogP contribution in [0.25, 0.3) is 0 Å². The summed E-state index contributed by atoms with van der Waals surface area (Å²) in [5.41, 5.74) is 0. The van der Waals surface area contributed by atoms with Crippen molar-refractivity contribution in [1.29, 1.82) is 0 Å². The molecule has 0 spiro atoms. The first-order valence-electron chi connectivity index (χ1n) is 39.8. The number of morpholine rings is 1. The van der Waals surface area contributed by atoms with Gasteiger partial charge in [-0.05, 0) is 58.5 Å². The molecule has 8 saturated heterocycles. The van der Waals surface area contributed by atoms with Crippen LogP contribution in [0.5, 0.6) is 0 Å². The third-order valence-corrected chi connectivity index (χ3v) is 13.6. The van der Waals surface area contributed by atoms with Gasteiger partial charge in [-0.2, -0.15) is 11.8 Å². The first-order valence-corrected chi connectivity index (χ1v) is 40.9. The number of amides is 2. The van der Waals surface area contributed by atoms with Crippen LogP contribution in [0.15, 0.2) is 24.6 Å². The maximum atomic E-state index is 10.3. The summed E-state index contributed by atoms with van der Waals surface area (Å²) < 4.78 is 19.0. The van der Waals surface area contributed by atoms with Gasteiger partial charge in [-0.3, -0.25) is 0 Å². The first-order chi connectivity index (χ1) is 46.5. The molecule has 13 rings (SSSR count). The van der Waals surface area contributed by atoms with Crippen LogP contribution in [-0.2, 0) is 18.9 Å². The van der Waals surface area contributed by atoms with Crippen LogP contribution >= 0.6 is 11.8 Å². The second-order valence-electron chi connectivity index (χ2n) is 20.0. The molecule has 13 aliphatic rings. The Kier molecular flexibility index (Phi) is 157. The quantitative estimate of drug-likeness (QED) is 0.103. The number of thioether (sulfide) groups is 1. The zero-order chi connectivity index (χ0) is 73.1. The number of hydrogen-bond donors (Lipinski definition) is 10. The number of ether oxygens (including phenoxy) is 4. The van der Waals surface area contributed by atoms with Gasteiger partial charge in [0.2, 0.25) is 0 Å². The van der Waals surface area contributed by atoms with Crippen molar-refractivity contribution < 1.29 is 28.5 Å². The maximum absolute atomic E-state index is 10.3. The van der Waals surface area contributed by atoms with Crippen molar-refractivity contribution >= 4 is 23.9 Å². The van der Waals surface area contributed by atoms with Crippen LogP contribution in [0, 0.1) is 5.92 Å². The number of likely N-dealkylation sites (N-methyl/N-ethyl adjacent to an activating group) is 1. The van der Waals surface area contributed by atoms with Gasteiger partial charge in [0.1, 0.15) is 12.7 Å². The molecular weight excluding hydrogens is 1210 g/mol. The molecule has 0 aromatic carbocycles. The second kappa shape index (κ2) is 128. The Bertz CT molecular complexity index is 1040. The number of hydrogen-bond acceptors (Lipinski definition) is 16. The van der Waals surface area contributed by atoms with E-state index in [1.807, 2.05) is 170 Å². The number of carbonyl (C=O) groups is 2. The van der Waals surface area contributed by atoms with Gasteiger partial charge in [-0.15, -0.1) is 0 Å². The Morgan fingerprint density at radius 3 is 0.832 bits per heavy atom. The molecule has 17 nitrogen and oxygen atoms in total. The third kappa shape index (κ3) is 122. The fraction of sp³-hybridized carbons (Fsp3) is 0.922. The molecule has 1 atom stereocenters. The topological polar surface area (TPSA) is 195 Å². The fourth-order valence-corrected chi connectivity index (χ4v) is 8.68. The molecule has 4 aliphatic carbocycles. The minimum Gasteiger partial charge on any atom is -0.448 e. The first kappa shape index (κ1) is 117. The number of piperidine rings is 1. The van der Waals surface area contributed by atoms with E-state index in [0.29, 0.717) is 13.2 Å². The van der Waals surface area contributed by atoms with E-state index in [4.69, 9.17) is 9.47 Å². The second-order valence-corrected chi connectivity index (χ2v) is 21.2. The largest absolute Gasteiger partial charge is 0.448 e. The molecule has 0 aromatic heterocycles. The Hall–Kier alpha value is -2.39. The van der Waals surface area contributed by atoms with E-state index in [2.05, 4.69) is 81.7 Å². The molecule has 0 aromatic rings. The molecule has 3 saturated carbocycles. The Labute approximate surface area is 601 Å². The molecule has 2 amide bonds. The number of carbonyl (C=O) groups excluding carboxylic acids is 2. The molecule has 18 heteroatoms. The average molecular weight is 1390 g/mol. The SMILES string of the molecule is C.C1=CCCCC1.C1=CNCN1.C1CCCC1.C1CCCC1.C1CCCC1.C1CCNCC1.C1CNCCN1.C1CNCN1.C1COCCN1.C1CSCCN1.CC.CC.CC.CC.CC.CC.CC.CC.CC.CC.CC1CNC(=O)O1.CC1COC1.CN1CCOC1=O. The van der Waals surface area contributed by atoms with Crippen LogP contribution < -0.4 is 53.2 Å². The van der Waals surface area contributed by atoms with Gasteiger partial charge in [-0.1, -0.05) is 268 Å². The molecule has 0 bridgehead atoms. The number of nitrogens with zero attached hydrogens (tertiary/aromatic N) is 1. The van der Waals surface area contributed by atoms with Crippen molar-refractivity contribution in [2.24, 2.45) is 5.92 Å². The van der Waals surface area contributed by atoms with Crippen molar-refractivity contribution in [2.45, 2.75) is 307 Å². The van der Waals surface area contributed by atoms with Gasteiger partial charge >= 0.3 is 12.2 Å². The zero-order valence-corrected chi connectivity index (χ0v) is 68.4. The van der Waals surface area contributed by atoms with Gasteiger partial charge in [0.25, 0.3) is 0 Å². The summed E-state index contributed by atoms with van der Waals surface area (Å²) in [5.74, 6) is 3.45. The lowest BCUT2D eigenvalue weighted by Crippen LogP contribution is -2.39. The average Bonchev–Trinajstić information content (AvgIpc) is 4.69. The monoisotopic (exact) mass is 1390 g/mol. The van der Waals surface area contributed by atoms with Gasteiger partial charge in [0, 0.05) is 109 Å². The predicted molar refractivity (Wildman–Crippen MR) is 432 cm³/mol. The van der Waals surface area contributed by atoms with Crippen molar-refractivity contribution in [3.63, 3.8) is 0 Å². The summed E-state index contributed by atoms with van der Waals surface area (Å²) in [6.45, 7) is 65.4. The van der Waals surface area contributed by atoms with Gasteiger partial charge < -0.3 is 77.0 Å². The summed E-state index contributed by atoms with van der Waals surface area (Å²) in [4.78, 5) is 21.9. The molecule has 1 unspecified atom stereocenters. The van der Waals surface area contributed by atoms with Crippen LogP contribution in [0.1, 0.15) is 301 Å². The van der Waals surface area contributed by atoms with Crippen molar-refractivity contribution in [2.75, 3.05) is 157 Å². The number of rotatable bonds is 0. The van der Waals surface area contributed by atoms with Crippen molar-refractivity contribution in [3.05, 3.63) is 24.6 Å². The van der Waals surface area contributed by atoms with Crippen molar-refractivity contribution in [1.82, 2.24) is 58.1 Å². The zero-order valence-electron chi connectivity index (χ0n) is 67.6. The number of nitrogens with one attached hydrogen (secondary N) is 10. The fourth-order valence-electron chi connectivity index (χ4n) is 7.90. The van der Waals surface area contributed by atoms with E-state index >= 15 is 0 Å². The molecule has 10 N–H and O–H groups in total. The molecule has 11 fully saturated rings. The summed E-state index contributed by atoms with van der Waals surface area (Å²) in [5, 5.41) is 30.7. The molecule has 95 heavy (non-hydrogen) atoms. The van der Waals surface area contributed by atoms with Crippen LogP contribution in [0.2, 0.25) is 0 Å². The van der Waals surface area contributed by atoms with E-state index in [1.165, 1.54) is 179 Å². The van der Waals surface area contributed by atoms with Crippen LogP contribution in [0.3, 0.4) is 0 Å². The van der Waals surface area contributed by atoms with Gasteiger partial charge in [-0.25, -0.2) is 9.59 Å². The lowest BCUT2D eigenvalue weighted by Gasteiger charge is -2.20. The highest BCUT2D eigenvalue weighted by Crippen LogP contribution is 2.16. The summed E-state index contributed by atoms with van der Waals surface area (Å²) in [6.07, 6.45) is 40.0. The lowest BCUT2D eigenvalue weighted by atomic mass is 10.1. The van der Waals surface area contributed by atoms with E-state index in [0.717, 1.165) is 105 Å². The lowest BCUT2D eigenvalue weighted by molar-refractivity contribution is -0.0221. The highest BCUT2D eigenvalue weighted by molar-refractivity contribution is 7.99. The number of piperazine rings is 1. The molecule has 9 heterocycles. The minimum atomic E-state index is -0.299. The van der Waals surface area contributed by atoms with Gasteiger partial charge in [0.15, 0.2) is 0 Å². The van der Waals surface area contributed by atoms with E-state index in [1.54, 1.807) is 11.9 Å². The van der Waals surface area contributed by atoms with Crippen molar-refractivity contribution in [3.8, 4) is 0 Å². The predicted octanol–water partition coefficient (Wildman–Crippen LogP) is 18.3. The van der Waals surface area contributed by atoms with E-state index in [9.17, 15) is 9.59 Å². The maximum Gasteiger partial charge on any atom is 0.409 e. The third-order valence-electron chi connectivity index (χ3n) is 12.6. The van der Waals surface area contributed by atoms with Crippen LogP contribution in [0.4, 0.5) is 9.59 Å². The smallest absolute Gasteiger partial charge is 0.409 e. The van der Waals surface area contributed by atoms with E-state index in [-0.39, 0.29) is 25.7 Å². The standard InChI is InChI=1S/C6H10.C5H11N.3C5H10.C4H10N2.2C4H7NO2.C4H9NO.C4H9NS.C4H8O.C3H8N2.C3H6N2.10C2H6.CH4/c2*1-2-4-6-5-3-1;3*1-2-4-5-3-1;1-2-6-4-3-5-1;1-5-2-3-7-4(5)6;1-3-2-5-4(6)7-3;2*1-3-6-4-2-5-1;1-4-2-5-3-4;2*1-2-5-3-4-1;10*1-2;/h1-2H,3-6H2;6H,1-5H2;3*1-5H2;5-6H,1-4H2;2-3H2,1H3;3H,2H2,1H3,(H,5,6);2*5H,1-4H2;4H,2-3H2,1H3;4-5H,1-3H2;1-2,4-5H,3H2;10*1-2H3;1H4. The molecular formula is C77H179N11O6S. The van der Waals surface area contributed by atoms with E-state index < -0.39 is 0 Å². The highest BCUT2D eigenvalue weighted by atomic mass is 32.2. The number of alkyl carbamates (subject to hydrolysis) is 1. The Balaban J connectivity index is -0.0000000875. The molecule has 0 radical (unpaired) electrons. The molecule has 9 aliphatic heterocycles. The Morgan fingerprint density at radius 2 is 0.726 bits per heavy atom.